The van der Waals surface area contributed by atoms with E-state index in [0.29, 0.717) is 11.4 Å². The Morgan fingerprint density at radius 3 is 2.62 bits per heavy atom. The predicted octanol–water partition coefficient (Wildman–Crippen LogP) is 2.49. The molecule has 0 aliphatic heterocycles. The predicted molar refractivity (Wildman–Crippen MR) is 84.3 cm³/mol. The van der Waals surface area contributed by atoms with E-state index in [4.69, 9.17) is 0 Å². The fourth-order valence-electron chi connectivity index (χ4n) is 1.88. The maximum atomic E-state index is 12.0. The van der Waals surface area contributed by atoms with E-state index in [-0.39, 0.29) is 11.8 Å². The molecule has 0 spiro atoms. The highest BCUT2D eigenvalue weighted by atomic mass is 32.1. The van der Waals surface area contributed by atoms with Gasteiger partial charge in [-0.05, 0) is 36.4 Å². The summed E-state index contributed by atoms with van der Waals surface area (Å²) in [6.07, 6.45) is 0. The molecule has 4 nitrogen and oxygen atoms in total. The van der Waals surface area contributed by atoms with Crippen molar-refractivity contribution in [2.75, 3.05) is 0 Å². The molecule has 1 heterocycles. The molecule has 0 fully saturated rings. The first kappa shape index (κ1) is 15.3. The fourth-order valence-corrected chi connectivity index (χ4v) is 2.51. The van der Waals surface area contributed by atoms with Crippen molar-refractivity contribution < 1.29 is 9.59 Å². The van der Waals surface area contributed by atoms with Crippen LogP contribution < -0.4 is 10.6 Å². The molecule has 1 aromatic heterocycles. The van der Waals surface area contributed by atoms with Gasteiger partial charge in [-0.15, -0.1) is 11.3 Å². The van der Waals surface area contributed by atoms with Gasteiger partial charge in [-0.25, -0.2) is 0 Å². The number of carbonyl (C=O) groups excluding carboxylic acids is 2. The topological polar surface area (TPSA) is 58.2 Å². The second-order valence-corrected chi connectivity index (χ2v) is 5.76. The van der Waals surface area contributed by atoms with Gasteiger partial charge in [-0.3, -0.25) is 9.59 Å². The van der Waals surface area contributed by atoms with Crippen molar-refractivity contribution in [1.29, 1.82) is 0 Å². The number of nitrogens with one attached hydrogen (secondary N) is 2. The van der Waals surface area contributed by atoms with Crippen LogP contribution in [0.5, 0.6) is 0 Å². The quantitative estimate of drug-likeness (QED) is 0.891. The third-order valence-corrected chi connectivity index (χ3v) is 4.07. The summed E-state index contributed by atoms with van der Waals surface area (Å²) in [7, 11) is 0. The lowest BCUT2D eigenvalue weighted by atomic mass is 10.1. The first-order valence-corrected chi connectivity index (χ1v) is 7.62. The molecule has 0 aliphatic carbocycles. The fraction of sp³-hybridized carbons (Fsp3) is 0.250. The van der Waals surface area contributed by atoms with Crippen molar-refractivity contribution in [3.63, 3.8) is 0 Å². The lowest BCUT2D eigenvalue weighted by Crippen LogP contribution is -2.44. The van der Waals surface area contributed by atoms with Crippen molar-refractivity contribution in [2.24, 2.45) is 0 Å². The number of aryl methyl sites for hydroxylation is 1. The van der Waals surface area contributed by atoms with Crippen LogP contribution in [0.25, 0.3) is 0 Å². The number of hydrogen-bond acceptors (Lipinski definition) is 3. The van der Waals surface area contributed by atoms with Crippen LogP contribution in [0, 0.1) is 6.92 Å². The van der Waals surface area contributed by atoms with Gasteiger partial charge in [-0.2, -0.15) is 0 Å². The summed E-state index contributed by atoms with van der Waals surface area (Å²) in [4.78, 5) is 24.5. The van der Waals surface area contributed by atoms with Crippen LogP contribution in [-0.4, -0.2) is 17.9 Å². The summed E-state index contributed by atoms with van der Waals surface area (Å²) in [5.74, 6) is -0.410. The van der Waals surface area contributed by atoms with E-state index in [1.54, 1.807) is 13.0 Å². The van der Waals surface area contributed by atoms with Gasteiger partial charge in [0.1, 0.15) is 6.04 Å². The van der Waals surface area contributed by atoms with Crippen molar-refractivity contribution >= 4 is 23.2 Å². The highest BCUT2D eigenvalue weighted by Gasteiger charge is 2.16. The largest absolute Gasteiger partial charge is 0.350 e. The minimum atomic E-state index is -0.566. The van der Waals surface area contributed by atoms with E-state index < -0.39 is 6.04 Å². The van der Waals surface area contributed by atoms with Crippen LogP contribution in [0.15, 0.2) is 41.8 Å². The lowest BCUT2D eigenvalue weighted by molar-refractivity contribution is -0.122. The lowest BCUT2D eigenvalue weighted by Gasteiger charge is -2.14. The molecule has 0 bridgehead atoms. The molecule has 1 unspecified atom stereocenters. The molecule has 1 atom stereocenters. The van der Waals surface area contributed by atoms with Gasteiger partial charge in [-0.1, -0.05) is 30.3 Å². The van der Waals surface area contributed by atoms with Crippen molar-refractivity contribution in [2.45, 2.75) is 26.4 Å². The van der Waals surface area contributed by atoms with E-state index >= 15 is 0 Å². The molecule has 5 heteroatoms. The highest BCUT2D eigenvalue weighted by Crippen LogP contribution is 2.08. The van der Waals surface area contributed by atoms with Gasteiger partial charge in [0.05, 0.1) is 4.88 Å². The van der Waals surface area contributed by atoms with E-state index in [0.717, 1.165) is 11.1 Å². The number of amides is 2. The van der Waals surface area contributed by atoms with Gasteiger partial charge in [0.2, 0.25) is 5.91 Å². The van der Waals surface area contributed by atoms with E-state index in [2.05, 4.69) is 10.6 Å². The Kier molecular flexibility index (Phi) is 5.11. The van der Waals surface area contributed by atoms with Crippen LogP contribution in [0.1, 0.15) is 27.7 Å². The third kappa shape index (κ3) is 4.16. The standard InChI is InChI=1S/C16H18N2O2S/c1-11-6-3-4-7-13(11)10-17-15(19)12(2)18-16(20)14-8-5-9-21-14/h3-9,12H,10H2,1-2H3,(H,17,19)(H,18,20). The smallest absolute Gasteiger partial charge is 0.261 e. The molecule has 0 aliphatic rings. The number of carbonyl (C=O) groups is 2. The summed E-state index contributed by atoms with van der Waals surface area (Å²) < 4.78 is 0. The minimum absolute atomic E-state index is 0.192. The molecular weight excluding hydrogens is 284 g/mol. The Balaban J connectivity index is 1.86. The zero-order valence-corrected chi connectivity index (χ0v) is 12.9. The number of thiophene rings is 1. The summed E-state index contributed by atoms with van der Waals surface area (Å²) in [5, 5.41) is 7.36. The molecule has 21 heavy (non-hydrogen) atoms. The van der Waals surface area contributed by atoms with Gasteiger partial charge >= 0.3 is 0 Å². The second-order valence-electron chi connectivity index (χ2n) is 4.82. The van der Waals surface area contributed by atoms with Crippen LogP contribution in [-0.2, 0) is 11.3 Å². The molecule has 0 saturated heterocycles. The molecule has 2 aromatic rings. The molecular formula is C16H18N2O2S. The van der Waals surface area contributed by atoms with Crippen LogP contribution in [0.2, 0.25) is 0 Å². The van der Waals surface area contributed by atoms with Gasteiger partial charge < -0.3 is 10.6 Å². The highest BCUT2D eigenvalue weighted by molar-refractivity contribution is 7.12. The Labute approximate surface area is 128 Å². The average Bonchev–Trinajstić information content (AvgIpc) is 3.00. The van der Waals surface area contributed by atoms with Gasteiger partial charge in [0, 0.05) is 6.54 Å². The molecule has 1 aromatic carbocycles. The average molecular weight is 302 g/mol. The van der Waals surface area contributed by atoms with E-state index in [9.17, 15) is 9.59 Å². The summed E-state index contributed by atoms with van der Waals surface area (Å²) in [6.45, 7) is 4.15. The minimum Gasteiger partial charge on any atom is -0.350 e. The summed E-state index contributed by atoms with van der Waals surface area (Å²) in [5.41, 5.74) is 2.20. The summed E-state index contributed by atoms with van der Waals surface area (Å²) >= 11 is 1.35. The molecule has 110 valence electrons. The molecule has 2 rings (SSSR count). The Bertz CT molecular complexity index is 623. The summed E-state index contributed by atoms with van der Waals surface area (Å²) in [6, 6.07) is 10.9. The third-order valence-electron chi connectivity index (χ3n) is 3.20. The Morgan fingerprint density at radius 1 is 1.19 bits per heavy atom. The zero-order valence-electron chi connectivity index (χ0n) is 12.1. The van der Waals surface area contributed by atoms with Crippen LogP contribution in [0.4, 0.5) is 0 Å². The number of rotatable bonds is 5. The molecule has 2 N–H and O–H groups in total. The molecule has 0 saturated carbocycles. The number of hydrogen-bond donors (Lipinski definition) is 2. The van der Waals surface area contributed by atoms with E-state index in [1.165, 1.54) is 11.3 Å². The van der Waals surface area contributed by atoms with Crippen molar-refractivity contribution in [1.82, 2.24) is 10.6 Å². The van der Waals surface area contributed by atoms with E-state index in [1.807, 2.05) is 42.6 Å². The molecule has 2 amide bonds. The van der Waals surface area contributed by atoms with Gasteiger partial charge in [0.15, 0.2) is 0 Å². The Hall–Kier alpha value is -2.14. The normalized spacial score (nSPS) is 11.7. The van der Waals surface area contributed by atoms with Crippen molar-refractivity contribution in [3.8, 4) is 0 Å². The van der Waals surface area contributed by atoms with Crippen LogP contribution >= 0.6 is 11.3 Å². The first-order chi connectivity index (χ1) is 10.1. The monoisotopic (exact) mass is 302 g/mol. The Morgan fingerprint density at radius 2 is 1.95 bits per heavy atom. The maximum Gasteiger partial charge on any atom is 0.261 e. The van der Waals surface area contributed by atoms with Crippen molar-refractivity contribution in [3.05, 3.63) is 57.8 Å². The van der Waals surface area contributed by atoms with Gasteiger partial charge in [0.25, 0.3) is 5.91 Å². The maximum absolute atomic E-state index is 12.0. The zero-order chi connectivity index (χ0) is 15.2. The first-order valence-electron chi connectivity index (χ1n) is 6.74. The SMILES string of the molecule is Cc1ccccc1CNC(=O)C(C)NC(=O)c1cccs1. The van der Waals surface area contributed by atoms with Crippen LogP contribution in [0.3, 0.4) is 0 Å². The number of benzene rings is 1. The molecule has 0 radical (unpaired) electrons. The second kappa shape index (κ2) is 7.04.